The quantitative estimate of drug-likeness (QED) is 0.588. The van der Waals surface area contributed by atoms with Gasteiger partial charge in [0.2, 0.25) is 0 Å². The first-order valence-electron chi connectivity index (χ1n) is 4.69. The fourth-order valence-electron chi connectivity index (χ4n) is 1.12. The second-order valence-corrected chi connectivity index (χ2v) is 3.05. The van der Waals surface area contributed by atoms with E-state index in [4.69, 9.17) is 4.42 Å². The first-order chi connectivity index (χ1) is 6.75. The van der Waals surface area contributed by atoms with Crippen LogP contribution in [0, 0.1) is 6.92 Å². The van der Waals surface area contributed by atoms with E-state index in [1.807, 2.05) is 26.0 Å². The number of amides is 1. The standard InChI is InChI=1S/C11H15NO2/c1-3-4-5-7-12-11(13)10-9(2)6-8-14-10/h3-4,6,8H,5,7H2,1-2H3,(H,12,13)/b4-3+. The summed E-state index contributed by atoms with van der Waals surface area (Å²) in [4.78, 5) is 11.5. The number of carbonyl (C=O) groups excluding carboxylic acids is 1. The monoisotopic (exact) mass is 193 g/mol. The summed E-state index contributed by atoms with van der Waals surface area (Å²) in [5.41, 5.74) is 0.869. The Morgan fingerprint density at radius 3 is 3.00 bits per heavy atom. The summed E-state index contributed by atoms with van der Waals surface area (Å²) in [6, 6.07) is 1.78. The van der Waals surface area contributed by atoms with Crippen LogP contribution < -0.4 is 5.32 Å². The summed E-state index contributed by atoms with van der Waals surface area (Å²) in [7, 11) is 0. The van der Waals surface area contributed by atoms with Crippen molar-refractivity contribution in [1.82, 2.24) is 5.32 Å². The van der Waals surface area contributed by atoms with Gasteiger partial charge in [0.1, 0.15) is 0 Å². The predicted molar refractivity (Wildman–Crippen MR) is 55.2 cm³/mol. The number of allylic oxidation sites excluding steroid dienone is 1. The zero-order valence-corrected chi connectivity index (χ0v) is 8.54. The Balaban J connectivity index is 2.40. The fraction of sp³-hybridized carbons (Fsp3) is 0.364. The normalized spacial score (nSPS) is 10.7. The second-order valence-electron chi connectivity index (χ2n) is 3.05. The molecule has 1 rings (SSSR count). The molecule has 0 aliphatic rings. The van der Waals surface area contributed by atoms with Crippen molar-refractivity contribution >= 4 is 5.91 Å². The van der Waals surface area contributed by atoms with E-state index in [2.05, 4.69) is 5.32 Å². The van der Waals surface area contributed by atoms with E-state index >= 15 is 0 Å². The third-order valence-corrected chi connectivity index (χ3v) is 1.90. The molecule has 3 nitrogen and oxygen atoms in total. The Labute approximate surface area is 83.8 Å². The molecule has 0 unspecified atom stereocenters. The summed E-state index contributed by atoms with van der Waals surface area (Å²) >= 11 is 0. The van der Waals surface area contributed by atoms with Crippen molar-refractivity contribution in [3.05, 3.63) is 35.8 Å². The van der Waals surface area contributed by atoms with Crippen molar-refractivity contribution in [3.8, 4) is 0 Å². The molecule has 1 N–H and O–H groups in total. The lowest BCUT2D eigenvalue weighted by molar-refractivity contribution is 0.0926. The van der Waals surface area contributed by atoms with Crippen LogP contribution in [0.25, 0.3) is 0 Å². The van der Waals surface area contributed by atoms with Crippen molar-refractivity contribution in [2.75, 3.05) is 6.54 Å². The van der Waals surface area contributed by atoms with Gasteiger partial charge in [-0.05, 0) is 26.3 Å². The molecular weight excluding hydrogens is 178 g/mol. The van der Waals surface area contributed by atoms with Crippen molar-refractivity contribution in [1.29, 1.82) is 0 Å². The number of hydrogen-bond acceptors (Lipinski definition) is 2. The summed E-state index contributed by atoms with van der Waals surface area (Å²) in [5, 5.41) is 2.78. The van der Waals surface area contributed by atoms with E-state index in [0.29, 0.717) is 12.3 Å². The molecule has 1 aromatic rings. The van der Waals surface area contributed by atoms with Gasteiger partial charge in [0.25, 0.3) is 5.91 Å². The molecule has 1 heterocycles. The topological polar surface area (TPSA) is 42.2 Å². The van der Waals surface area contributed by atoms with Crippen LogP contribution in [0.3, 0.4) is 0 Å². The van der Waals surface area contributed by atoms with Crippen molar-refractivity contribution < 1.29 is 9.21 Å². The Hall–Kier alpha value is -1.51. The average Bonchev–Trinajstić information content (AvgIpc) is 2.59. The lowest BCUT2D eigenvalue weighted by Crippen LogP contribution is -2.24. The molecule has 0 fully saturated rings. The fourth-order valence-corrected chi connectivity index (χ4v) is 1.12. The molecule has 76 valence electrons. The average molecular weight is 193 g/mol. The molecule has 1 amide bonds. The molecule has 0 bridgehead atoms. The van der Waals surface area contributed by atoms with Crippen molar-refractivity contribution in [2.45, 2.75) is 20.3 Å². The Bertz CT molecular complexity index is 326. The highest BCUT2D eigenvalue weighted by Gasteiger charge is 2.10. The van der Waals surface area contributed by atoms with Crippen LogP contribution in [0.2, 0.25) is 0 Å². The minimum absolute atomic E-state index is 0.142. The molecule has 0 aliphatic carbocycles. The third kappa shape index (κ3) is 2.76. The SMILES string of the molecule is C/C=C/CCNC(=O)c1occc1C. The molecular formula is C11H15NO2. The lowest BCUT2D eigenvalue weighted by Gasteiger charge is -2.00. The minimum Gasteiger partial charge on any atom is -0.459 e. The van der Waals surface area contributed by atoms with Crippen LogP contribution >= 0.6 is 0 Å². The molecule has 0 aromatic carbocycles. The van der Waals surface area contributed by atoms with E-state index in [-0.39, 0.29) is 5.91 Å². The van der Waals surface area contributed by atoms with Crippen LogP contribution in [-0.4, -0.2) is 12.5 Å². The second kappa shape index (κ2) is 5.27. The number of carbonyl (C=O) groups is 1. The molecule has 0 aliphatic heterocycles. The summed E-state index contributed by atoms with van der Waals surface area (Å²) in [6.07, 6.45) is 6.35. The highest BCUT2D eigenvalue weighted by molar-refractivity contribution is 5.92. The highest BCUT2D eigenvalue weighted by Crippen LogP contribution is 2.07. The maximum atomic E-state index is 11.5. The van der Waals surface area contributed by atoms with Gasteiger partial charge in [0.05, 0.1) is 6.26 Å². The lowest BCUT2D eigenvalue weighted by atomic mass is 10.2. The van der Waals surface area contributed by atoms with Gasteiger partial charge < -0.3 is 9.73 Å². The van der Waals surface area contributed by atoms with Gasteiger partial charge in [-0.3, -0.25) is 4.79 Å². The van der Waals surface area contributed by atoms with Crippen LogP contribution in [0.5, 0.6) is 0 Å². The van der Waals surface area contributed by atoms with E-state index in [1.165, 1.54) is 6.26 Å². The first-order valence-corrected chi connectivity index (χ1v) is 4.69. The minimum atomic E-state index is -0.142. The summed E-state index contributed by atoms with van der Waals surface area (Å²) in [5.74, 6) is 0.266. The molecule has 0 saturated carbocycles. The van der Waals surface area contributed by atoms with E-state index in [9.17, 15) is 4.79 Å². The van der Waals surface area contributed by atoms with Gasteiger partial charge >= 0.3 is 0 Å². The molecule has 0 radical (unpaired) electrons. The molecule has 0 spiro atoms. The van der Waals surface area contributed by atoms with Crippen LogP contribution in [0.15, 0.2) is 28.9 Å². The van der Waals surface area contributed by atoms with Gasteiger partial charge in [-0.25, -0.2) is 0 Å². The number of nitrogens with one attached hydrogen (secondary N) is 1. The number of hydrogen-bond donors (Lipinski definition) is 1. The number of rotatable bonds is 4. The van der Waals surface area contributed by atoms with Crippen molar-refractivity contribution in [3.63, 3.8) is 0 Å². The molecule has 1 aromatic heterocycles. The van der Waals surface area contributed by atoms with E-state index < -0.39 is 0 Å². The van der Waals surface area contributed by atoms with Gasteiger partial charge in [-0.1, -0.05) is 12.2 Å². The molecule has 0 saturated heterocycles. The smallest absolute Gasteiger partial charge is 0.287 e. The Kier molecular flexibility index (Phi) is 3.98. The Morgan fingerprint density at radius 1 is 1.64 bits per heavy atom. The maximum absolute atomic E-state index is 11.5. The van der Waals surface area contributed by atoms with Crippen LogP contribution in [-0.2, 0) is 0 Å². The number of aryl methyl sites for hydroxylation is 1. The van der Waals surface area contributed by atoms with Gasteiger partial charge in [-0.15, -0.1) is 0 Å². The molecule has 3 heteroatoms. The number of furan rings is 1. The summed E-state index contributed by atoms with van der Waals surface area (Å²) < 4.78 is 5.05. The Morgan fingerprint density at radius 2 is 2.43 bits per heavy atom. The predicted octanol–water partition coefficient (Wildman–Crippen LogP) is 2.28. The van der Waals surface area contributed by atoms with Crippen LogP contribution in [0.4, 0.5) is 0 Å². The van der Waals surface area contributed by atoms with Crippen molar-refractivity contribution in [2.24, 2.45) is 0 Å². The maximum Gasteiger partial charge on any atom is 0.287 e. The zero-order chi connectivity index (χ0) is 10.4. The van der Waals surface area contributed by atoms with E-state index in [1.54, 1.807) is 6.07 Å². The largest absolute Gasteiger partial charge is 0.459 e. The molecule has 14 heavy (non-hydrogen) atoms. The van der Waals surface area contributed by atoms with E-state index in [0.717, 1.165) is 12.0 Å². The zero-order valence-electron chi connectivity index (χ0n) is 8.54. The first kappa shape index (κ1) is 10.6. The van der Waals surface area contributed by atoms with Crippen LogP contribution in [0.1, 0.15) is 29.5 Å². The molecule has 0 atom stereocenters. The highest BCUT2D eigenvalue weighted by atomic mass is 16.3. The summed E-state index contributed by atoms with van der Waals surface area (Å²) in [6.45, 7) is 4.45. The third-order valence-electron chi connectivity index (χ3n) is 1.90. The van der Waals surface area contributed by atoms with Gasteiger partial charge in [0, 0.05) is 12.1 Å². The van der Waals surface area contributed by atoms with Gasteiger partial charge in [-0.2, -0.15) is 0 Å². The van der Waals surface area contributed by atoms with Gasteiger partial charge in [0.15, 0.2) is 5.76 Å².